The Kier molecular flexibility index (Phi) is 6.69. The predicted octanol–water partition coefficient (Wildman–Crippen LogP) is 4.13. The maximum absolute atomic E-state index is 6.23. The number of hydrogen-bond donors (Lipinski definition) is 1. The van der Waals surface area contributed by atoms with Gasteiger partial charge >= 0.3 is 0 Å². The quantitative estimate of drug-likeness (QED) is 0.803. The van der Waals surface area contributed by atoms with Crippen molar-refractivity contribution in [2.75, 3.05) is 13.7 Å². The Morgan fingerprint density at radius 2 is 2.16 bits per heavy atom. The lowest BCUT2D eigenvalue weighted by atomic mass is 10.2. The van der Waals surface area contributed by atoms with Gasteiger partial charge in [-0.15, -0.1) is 0 Å². The van der Waals surface area contributed by atoms with Gasteiger partial charge in [0.05, 0.1) is 12.1 Å². The fraction of sp³-hybridized carbons (Fsp3) is 0.429. The highest BCUT2D eigenvalue weighted by atomic mass is 79.9. The van der Waals surface area contributed by atoms with E-state index < -0.39 is 0 Å². The molecule has 0 fully saturated rings. The van der Waals surface area contributed by atoms with E-state index in [-0.39, 0.29) is 0 Å². The first kappa shape index (κ1) is 16.3. The van der Waals surface area contributed by atoms with Crippen LogP contribution in [0.1, 0.15) is 19.4 Å². The van der Waals surface area contributed by atoms with Crippen LogP contribution in [0, 0.1) is 0 Å². The van der Waals surface area contributed by atoms with Crippen LogP contribution in [0.5, 0.6) is 11.5 Å². The van der Waals surface area contributed by atoms with Crippen molar-refractivity contribution < 1.29 is 9.47 Å². The fourth-order valence-corrected chi connectivity index (χ4v) is 1.89. The molecule has 0 radical (unpaired) electrons. The number of ether oxygens (including phenoxy) is 2. The first-order valence-electron chi connectivity index (χ1n) is 6.00. The van der Waals surface area contributed by atoms with E-state index in [1.807, 2.05) is 12.1 Å². The number of halogens is 2. The summed E-state index contributed by atoms with van der Waals surface area (Å²) in [6.45, 7) is 8.99. The van der Waals surface area contributed by atoms with Crippen molar-refractivity contribution in [2.45, 2.75) is 26.4 Å². The Labute approximate surface area is 128 Å². The van der Waals surface area contributed by atoms with Crippen molar-refractivity contribution in [3.05, 3.63) is 33.8 Å². The molecule has 1 aromatic carbocycles. The van der Waals surface area contributed by atoms with Gasteiger partial charge < -0.3 is 14.8 Å². The van der Waals surface area contributed by atoms with E-state index in [0.717, 1.165) is 16.6 Å². The second-order valence-corrected chi connectivity index (χ2v) is 5.98. The standard InChI is InChI=1S/C14H19BrClNO2/c1-9(2)17-7-11-5-12(16)14(13(6-11)18-4)19-8-10(3)15/h5-6,9,17H,3,7-8H2,1-2,4H3. The molecule has 0 amide bonds. The summed E-state index contributed by atoms with van der Waals surface area (Å²) in [7, 11) is 1.60. The molecule has 0 saturated carbocycles. The second kappa shape index (κ2) is 7.78. The maximum atomic E-state index is 6.23. The van der Waals surface area contributed by atoms with Gasteiger partial charge in [-0.25, -0.2) is 0 Å². The normalized spacial score (nSPS) is 10.6. The summed E-state index contributed by atoms with van der Waals surface area (Å²) in [6, 6.07) is 4.22. The molecule has 1 N–H and O–H groups in total. The Hall–Kier alpha value is -0.710. The summed E-state index contributed by atoms with van der Waals surface area (Å²) < 4.78 is 11.6. The lowest BCUT2D eigenvalue weighted by molar-refractivity contribution is 0.325. The van der Waals surface area contributed by atoms with Crippen LogP contribution < -0.4 is 14.8 Å². The zero-order chi connectivity index (χ0) is 14.4. The molecule has 1 aromatic rings. The summed E-state index contributed by atoms with van der Waals surface area (Å²) in [5, 5.41) is 3.87. The summed E-state index contributed by atoms with van der Waals surface area (Å²) in [5.41, 5.74) is 1.06. The molecule has 1 rings (SSSR count). The zero-order valence-electron chi connectivity index (χ0n) is 11.4. The van der Waals surface area contributed by atoms with Gasteiger partial charge in [-0.2, -0.15) is 0 Å². The number of rotatable bonds is 7. The van der Waals surface area contributed by atoms with Gasteiger partial charge in [0.25, 0.3) is 0 Å². The minimum Gasteiger partial charge on any atom is -0.493 e. The topological polar surface area (TPSA) is 30.5 Å². The highest BCUT2D eigenvalue weighted by Crippen LogP contribution is 2.36. The Morgan fingerprint density at radius 3 is 2.68 bits per heavy atom. The van der Waals surface area contributed by atoms with Gasteiger partial charge in [-0.1, -0.05) is 48.0 Å². The maximum Gasteiger partial charge on any atom is 0.180 e. The summed E-state index contributed by atoms with van der Waals surface area (Å²) in [5.74, 6) is 1.17. The average Bonchev–Trinajstić information content (AvgIpc) is 2.34. The van der Waals surface area contributed by atoms with Gasteiger partial charge in [-0.3, -0.25) is 0 Å². The highest BCUT2D eigenvalue weighted by Gasteiger charge is 2.12. The second-order valence-electron chi connectivity index (χ2n) is 4.45. The van der Waals surface area contributed by atoms with Crippen LogP contribution in [0.25, 0.3) is 0 Å². The van der Waals surface area contributed by atoms with E-state index in [9.17, 15) is 0 Å². The number of benzene rings is 1. The minimum atomic E-state index is 0.347. The Bertz CT molecular complexity index is 449. The molecule has 0 atom stereocenters. The monoisotopic (exact) mass is 347 g/mol. The molecule has 0 spiro atoms. The first-order valence-corrected chi connectivity index (χ1v) is 7.17. The molecule has 0 aliphatic rings. The molecule has 106 valence electrons. The molecule has 0 aliphatic carbocycles. The fourth-order valence-electron chi connectivity index (χ4n) is 1.49. The van der Waals surface area contributed by atoms with E-state index >= 15 is 0 Å². The Morgan fingerprint density at radius 1 is 1.47 bits per heavy atom. The molecule has 0 bridgehead atoms. The lowest BCUT2D eigenvalue weighted by Gasteiger charge is -2.15. The van der Waals surface area contributed by atoms with Crippen LogP contribution in [-0.2, 0) is 6.54 Å². The van der Waals surface area contributed by atoms with E-state index in [4.69, 9.17) is 21.1 Å². The van der Waals surface area contributed by atoms with E-state index in [0.29, 0.717) is 29.2 Å². The van der Waals surface area contributed by atoms with Crippen molar-refractivity contribution >= 4 is 27.5 Å². The Balaban J connectivity index is 2.90. The molecule has 0 heterocycles. The van der Waals surface area contributed by atoms with E-state index in [1.54, 1.807) is 7.11 Å². The lowest BCUT2D eigenvalue weighted by Crippen LogP contribution is -2.21. The largest absolute Gasteiger partial charge is 0.493 e. The highest BCUT2D eigenvalue weighted by molar-refractivity contribution is 9.11. The molecule has 5 heteroatoms. The molecule has 19 heavy (non-hydrogen) atoms. The third-order valence-corrected chi connectivity index (χ3v) is 2.89. The van der Waals surface area contributed by atoms with Crippen LogP contribution >= 0.6 is 27.5 Å². The molecule has 0 unspecified atom stereocenters. The van der Waals surface area contributed by atoms with Crippen LogP contribution in [0.2, 0.25) is 5.02 Å². The number of hydrogen-bond acceptors (Lipinski definition) is 3. The first-order chi connectivity index (χ1) is 8.93. The van der Waals surface area contributed by atoms with Gasteiger partial charge in [0.1, 0.15) is 6.61 Å². The van der Waals surface area contributed by atoms with Crippen LogP contribution in [0.15, 0.2) is 23.2 Å². The third kappa shape index (κ3) is 5.43. The van der Waals surface area contributed by atoms with Crippen LogP contribution in [0.3, 0.4) is 0 Å². The third-order valence-electron chi connectivity index (χ3n) is 2.38. The molecule has 0 saturated heterocycles. The summed E-state index contributed by atoms with van der Waals surface area (Å²) in [4.78, 5) is 0. The molecular formula is C14H19BrClNO2. The van der Waals surface area contributed by atoms with Crippen LogP contribution in [-0.4, -0.2) is 19.8 Å². The van der Waals surface area contributed by atoms with E-state index in [2.05, 4.69) is 41.7 Å². The molecule has 0 aliphatic heterocycles. The predicted molar refractivity (Wildman–Crippen MR) is 83.5 cm³/mol. The van der Waals surface area contributed by atoms with Crippen molar-refractivity contribution in [2.24, 2.45) is 0 Å². The zero-order valence-corrected chi connectivity index (χ0v) is 13.8. The SMILES string of the molecule is C=C(Br)COc1c(Cl)cc(CNC(C)C)cc1OC. The smallest absolute Gasteiger partial charge is 0.180 e. The van der Waals surface area contributed by atoms with Crippen molar-refractivity contribution in [1.82, 2.24) is 5.32 Å². The molecule has 0 aromatic heterocycles. The van der Waals surface area contributed by atoms with Crippen molar-refractivity contribution in [3.8, 4) is 11.5 Å². The van der Waals surface area contributed by atoms with Gasteiger partial charge in [0, 0.05) is 17.1 Å². The van der Waals surface area contributed by atoms with E-state index in [1.165, 1.54) is 0 Å². The van der Waals surface area contributed by atoms with Gasteiger partial charge in [-0.05, 0) is 17.7 Å². The summed E-state index contributed by atoms with van der Waals surface area (Å²) >= 11 is 9.48. The molecular weight excluding hydrogens is 330 g/mol. The molecule has 3 nitrogen and oxygen atoms in total. The van der Waals surface area contributed by atoms with Gasteiger partial charge in [0.2, 0.25) is 0 Å². The minimum absolute atomic E-state index is 0.347. The van der Waals surface area contributed by atoms with Crippen LogP contribution in [0.4, 0.5) is 0 Å². The number of methoxy groups -OCH3 is 1. The summed E-state index contributed by atoms with van der Waals surface area (Å²) in [6.07, 6.45) is 0. The van der Waals surface area contributed by atoms with Crippen molar-refractivity contribution in [3.63, 3.8) is 0 Å². The van der Waals surface area contributed by atoms with Gasteiger partial charge in [0.15, 0.2) is 11.5 Å². The number of nitrogens with one attached hydrogen (secondary N) is 1. The van der Waals surface area contributed by atoms with Crippen molar-refractivity contribution in [1.29, 1.82) is 0 Å². The average molecular weight is 349 g/mol.